The molecule has 0 radical (unpaired) electrons. The van der Waals surface area contributed by atoms with Crippen LogP contribution in [-0.4, -0.2) is 39.5 Å². The van der Waals surface area contributed by atoms with Crippen LogP contribution in [0.15, 0.2) is 41.0 Å². The van der Waals surface area contributed by atoms with Gasteiger partial charge < -0.3 is 20.4 Å². The first-order valence-corrected chi connectivity index (χ1v) is 8.71. The van der Waals surface area contributed by atoms with E-state index in [9.17, 15) is 9.59 Å². The maximum absolute atomic E-state index is 12.1. The number of benzene rings is 1. The van der Waals surface area contributed by atoms with Crippen LogP contribution in [-0.2, 0) is 13.1 Å². The molecule has 1 aromatic carbocycles. The number of hydrogen-bond donors (Lipinski definition) is 3. The molecule has 0 spiro atoms. The Labute approximate surface area is 156 Å². The van der Waals surface area contributed by atoms with E-state index in [4.69, 9.17) is 4.42 Å². The molecule has 9 heteroatoms. The van der Waals surface area contributed by atoms with Crippen LogP contribution in [0.25, 0.3) is 11.0 Å². The van der Waals surface area contributed by atoms with Crippen molar-refractivity contribution in [2.75, 3.05) is 6.54 Å². The first kappa shape index (κ1) is 18.4. The van der Waals surface area contributed by atoms with Gasteiger partial charge >= 0.3 is 6.03 Å². The fourth-order valence-electron chi connectivity index (χ4n) is 2.54. The van der Waals surface area contributed by atoms with Crippen LogP contribution in [0, 0.1) is 0 Å². The lowest BCUT2D eigenvalue weighted by Crippen LogP contribution is -2.36. The van der Waals surface area contributed by atoms with Crippen LogP contribution in [0.3, 0.4) is 0 Å². The molecule has 0 saturated carbocycles. The summed E-state index contributed by atoms with van der Waals surface area (Å²) < 4.78 is 6.84. The summed E-state index contributed by atoms with van der Waals surface area (Å²) >= 11 is 0. The molecule has 3 N–H and O–H groups in total. The minimum Gasteiger partial charge on any atom is -0.467 e. The summed E-state index contributed by atoms with van der Waals surface area (Å²) in [6.07, 6.45) is 1.56. The van der Waals surface area contributed by atoms with Crippen LogP contribution < -0.4 is 16.0 Å². The summed E-state index contributed by atoms with van der Waals surface area (Å²) in [6, 6.07) is 8.59. The molecule has 142 valence electrons. The van der Waals surface area contributed by atoms with Gasteiger partial charge in [-0.25, -0.2) is 9.48 Å². The molecule has 0 bridgehead atoms. The van der Waals surface area contributed by atoms with E-state index < -0.39 is 0 Å². The molecule has 3 rings (SSSR count). The Balaban J connectivity index is 1.53. The number of hydrogen-bond acceptors (Lipinski definition) is 5. The minimum absolute atomic E-state index is 0.0638. The summed E-state index contributed by atoms with van der Waals surface area (Å²) in [5, 5.41) is 16.5. The number of rotatable bonds is 7. The first-order valence-electron chi connectivity index (χ1n) is 8.71. The first-order chi connectivity index (χ1) is 13.0. The fourth-order valence-corrected chi connectivity index (χ4v) is 2.54. The molecule has 9 nitrogen and oxygen atoms in total. The number of fused-ring (bicyclic) bond motifs is 1. The number of carbonyl (C=O) groups excluding carboxylic acids is 2. The minimum atomic E-state index is -0.288. The standard InChI is InChI=1S/C18H22N6O3/c1-12(2)21-17(25)13-5-6-16-15(10-13)22-23-24(16)8-7-19-18(26)20-11-14-4-3-9-27-14/h3-6,9-10,12H,7-8,11H2,1-2H3,(H,21,25)(H2,19,20,26). The molecule has 2 aromatic heterocycles. The van der Waals surface area contributed by atoms with Crippen LogP contribution >= 0.6 is 0 Å². The highest BCUT2D eigenvalue weighted by Crippen LogP contribution is 2.13. The molecule has 0 saturated heterocycles. The SMILES string of the molecule is CC(C)NC(=O)c1ccc2c(c1)nnn2CCNC(=O)NCc1ccco1. The van der Waals surface area contributed by atoms with Gasteiger partial charge in [-0.1, -0.05) is 5.21 Å². The Hall–Kier alpha value is -3.36. The van der Waals surface area contributed by atoms with Gasteiger partial charge in [0.25, 0.3) is 5.91 Å². The van der Waals surface area contributed by atoms with E-state index in [1.54, 1.807) is 35.2 Å². The molecule has 0 atom stereocenters. The fraction of sp³-hybridized carbons (Fsp3) is 0.333. The van der Waals surface area contributed by atoms with Crippen molar-refractivity contribution in [2.45, 2.75) is 33.0 Å². The molecule has 0 fully saturated rings. The van der Waals surface area contributed by atoms with Gasteiger partial charge in [-0.05, 0) is 44.2 Å². The number of carbonyl (C=O) groups is 2. The number of furan rings is 1. The number of nitrogens with zero attached hydrogens (tertiary/aromatic N) is 3. The normalized spacial score (nSPS) is 10.9. The van der Waals surface area contributed by atoms with Crippen LogP contribution in [0.5, 0.6) is 0 Å². The van der Waals surface area contributed by atoms with Gasteiger partial charge in [0.15, 0.2) is 0 Å². The van der Waals surface area contributed by atoms with Gasteiger partial charge in [0.1, 0.15) is 11.3 Å². The van der Waals surface area contributed by atoms with Crippen molar-refractivity contribution in [3.05, 3.63) is 47.9 Å². The molecule has 0 unspecified atom stereocenters. The molecule has 27 heavy (non-hydrogen) atoms. The molecule has 0 aliphatic carbocycles. The predicted octanol–water partition coefficient (Wildman–Crippen LogP) is 1.66. The summed E-state index contributed by atoms with van der Waals surface area (Å²) in [6.45, 7) is 4.99. The van der Waals surface area contributed by atoms with Crippen molar-refractivity contribution >= 4 is 23.0 Å². The second kappa shape index (κ2) is 8.35. The lowest BCUT2D eigenvalue weighted by molar-refractivity contribution is 0.0943. The Bertz CT molecular complexity index is 916. The summed E-state index contributed by atoms with van der Waals surface area (Å²) in [5.41, 5.74) is 1.97. The highest BCUT2D eigenvalue weighted by atomic mass is 16.3. The summed E-state index contributed by atoms with van der Waals surface area (Å²) in [4.78, 5) is 23.9. The van der Waals surface area contributed by atoms with Gasteiger partial charge in [-0.2, -0.15) is 0 Å². The number of amides is 3. The summed E-state index contributed by atoms with van der Waals surface area (Å²) in [7, 11) is 0. The highest BCUT2D eigenvalue weighted by Gasteiger charge is 2.11. The van der Waals surface area contributed by atoms with Crippen molar-refractivity contribution in [3.8, 4) is 0 Å². The van der Waals surface area contributed by atoms with Crippen molar-refractivity contribution in [2.24, 2.45) is 0 Å². The zero-order chi connectivity index (χ0) is 19.2. The molecule has 2 heterocycles. The molecule has 3 aromatic rings. The lowest BCUT2D eigenvalue weighted by atomic mass is 10.2. The largest absolute Gasteiger partial charge is 0.467 e. The van der Waals surface area contributed by atoms with Crippen LogP contribution in [0.4, 0.5) is 4.79 Å². The Morgan fingerprint density at radius 3 is 2.81 bits per heavy atom. The van der Waals surface area contributed by atoms with E-state index in [1.807, 2.05) is 19.9 Å². The average Bonchev–Trinajstić information content (AvgIpc) is 3.29. The quantitative estimate of drug-likeness (QED) is 0.585. The van der Waals surface area contributed by atoms with Crippen molar-refractivity contribution in [3.63, 3.8) is 0 Å². The molecule has 0 aliphatic heterocycles. The van der Waals surface area contributed by atoms with E-state index in [-0.39, 0.29) is 18.0 Å². The second-order valence-corrected chi connectivity index (χ2v) is 6.33. The second-order valence-electron chi connectivity index (χ2n) is 6.33. The highest BCUT2D eigenvalue weighted by molar-refractivity contribution is 5.97. The zero-order valence-corrected chi connectivity index (χ0v) is 15.2. The smallest absolute Gasteiger partial charge is 0.315 e. The monoisotopic (exact) mass is 370 g/mol. The average molecular weight is 370 g/mol. The number of aromatic nitrogens is 3. The Kier molecular flexibility index (Phi) is 5.70. The van der Waals surface area contributed by atoms with Gasteiger partial charge in [0.05, 0.1) is 24.9 Å². The van der Waals surface area contributed by atoms with E-state index in [0.29, 0.717) is 36.5 Å². The third kappa shape index (κ3) is 4.84. The van der Waals surface area contributed by atoms with Gasteiger partial charge in [0, 0.05) is 18.2 Å². The molecular formula is C18H22N6O3. The van der Waals surface area contributed by atoms with Crippen LogP contribution in [0.1, 0.15) is 30.0 Å². The van der Waals surface area contributed by atoms with Crippen molar-refractivity contribution in [1.82, 2.24) is 30.9 Å². The van der Waals surface area contributed by atoms with Gasteiger partial charge in [0.2, 0.25) is 0 Å². The predicted molar refractivity (Wildman–Crippen MR) is 99.1 cm³/mol. The zero-order valence-electron chi connectivity index (χ0n) is 15.2. The van der Waals surface area contributed by atoms with Gasteiger partial charge in [-0.3, -0.25) is 4.79 Å². The number of urea groups is 1. The lowest BCUT2D eigenvalue weighted by Gasteiger charge is -2.08. The van der Waals surface area contributed by atoms with Crippen LogP contribution in [0.2, 0.25) is 0 Å². The topological polar surface area (TPSA) is 114 Å². The van der Waals surface area contributed by atoms with Crippen molar-refractivity contribution < 1.29 is 14.0 Å². The van der Waals surface area contributed by atoms with E-state index in [2.05, 4.69) is 26.3 Å². The molecular weight excluding hydrogens is 348 g/mol. The third-order valence-electron chi connectivity index (χ3n) is 3.81. The maximum Gasteiger partial charge on any atom is 0.315 e. The third-order valence-corrected chi connectivity index (χ3v) is 3.81. The van der Waals surface area contributed by atoms with E-state index in [1.165, 1.54) is 0 Å². The summed E-state index contributed by atoms with van der Waals surface area (Å²) in [5.74, 6) is 0.543. The number of nitrogens with one attached hydrogen (secondary N) is 3. The molecule has 0 aliphatic rings. The Morgan fingerprint density at radius 1 is 1.22 bits per heavy atom. The van der Waals surface area contributed by atoms with Gasteiger partial charge in [-0.15, -0.1) is 5.10 Å². The van der Waals surface area contributed by atoms with Crippen molar-refractivity contribution in [1.29, 1.82) is 0 Å². The maximum atomic E-state index is 12.1. The Morgan fingerprint density at radius 2 is 2.07 bits per heavy atom. The molecule has 3 amide bonds. The van der Waals surface area contributed by atoms with E-state index in [0.717, 1.165) is 5.52 Å². The van der Waals surface area contributed by atoms with E-state index >= 15 is 0 Å².